The highest BCUT2D eigenvalue weighted by molar-refractivity contribution is 5.14. The van der Waals surface area contributed by atoms with E-state index in [1.54, 1.807) is 7.11 Å². The molecule has 0 bridgehead atoms. The molecule has 5 atom stereocenters. The molecule has 1 heterocycles. The molecule has 0 radical (unpaired) electrons. The first-order chi connectivity index (χ1) is 10.6. The minimum absolute atomic E-state index is 0.0210. The Hall–Kier alpha value is -1.02. The summed E-state index contributed by atoms with van der Waals surface area (Å²) in [6.07, 6.45) is -1.66. The highest BCUT2D eigenvalue weighted by atomic mass is 16.6. The van der Waals surface area contributed by atoms with Crippen LogP contribution in [0.2, 0.25) is 0 Å². The van der Waals surface area contributed by atoms with Crippen LogP contribution in [0, 0.1) is 0 Å². The molecular weight excluding hydrogens is 286 g/mol. The molecule has 124 valence electrons. The van der Waals surface area contributed by atoms with E-state index in [2.05, 4.69) is 17.6 Å². The Kier molecular flexibility index (Phi) is 6.75. The summed E-state index contributed by atoms with van der Waals surface area (Å²) in [6.45, 7) is 0.0290. The van der Waals surface area contributed by atoms with Crippen molar-refractivity contribution in [3.63, 3.8) is 0 Å². The number of benzene rings is 1. The summed E-state index contributed by atoms with van der Waals surface area (Å²) >= 11 is 0. The molecule has 0 aromatic heterocycles. The Labute approximate surface area is 130 Å². The van der Waals surface area contributed by atoms with Crippen LogP contribution in [0.1, 0.15) is 18.4 Å². The maximum Gasteiger partial charge on any atom is 0.111 e. The van der Waals surface area contributed by atoms with Crippen LogP contribution in [0.3, 0.4) is 0 Å². The number of aryl methyl sites for hydroxylation is 1. The molecular formula is C16H25NO5. The van der Waals surface area contributed by atoms with Gasteiger partial charge in [0.1, 0.15) is 18.3 Å². The van der Waals surface area contributed by atoms with E-state index in [-0.39, 0.29) is 12.6 Å². The van der Waals surface area contributed by atoms with Crippen molar-refractivity contribution in [3.8, 4) is 0 Å². The Morgan fingerprint density at radius 3 is 2.64 bits per heavy atom. The van der Waals surface area contributed by atoms with Crippen molar-refractivity contribution in [2.75, 3.05) is 13.7 Å². The van der Waals surface area contributed by atoms with Gasteiger partial charge in [-0.3, -0.25) is 0 Å². The molecule has 4 N–H and O–H groups in total. The summed E-state index contributed by atoms with van der Waals surface area (Å²) in [5.41, 5.74) is 4.14. The summed E-state index contributed by atoms with van der Waals surface area (Å²) in [4.78, 5) is 5.02. The molecule has 6 nitrogen and oxygen atoms in total. The van der Waals surface area contributed by atoms with Gasteiger partial charge in [-0.15, -0.1) is 0 Å². The van der Waals surface area contributed by atoms with E-state index >= 15 is 0 Å². The normalized spacial score (nSPS) is 30.2. The van der Waals surface area contributed by atoms with E-state index in [4.69, 9.17) is 9.57 Å². The SMILES string of the molecule is CONC(CCc1ccccc1)CC1OCC(O)C(O)C1O. The van der Waals surface area contributed by atoms with Crippen LogP contribution in [0.15, 0.2) is 30.3 Å². The van der Waals surface area contributed by atoms with Crippen LogP contribution in [0.25, 0.3) is 0 Å². The topological polar surface area (TPSA) is 91.2 Å². The Morgan fingerprint density at radius 1 is 1.23 bits per heavy atom. The minimum Gasteiger partial charge on any atom is -0.388 e. The highest BCUT2D eigenvalue weighted by Gasteiger charge is 2.38. The molecule has 2 rings (SSSR count). The molecule has 6 heteroatoms. The van der Waals surface area contributed by atoms with Gasteiger partial charge >= 0.3 is 0 Å². The van der Waals surface area contributed by atoms with E-state index in [1.807, 2.05) is 18.2 Å². The van der Waals surface area contributed by atoms with Crippen LogP contribution in [0.4, 0.5) is 0 Å². The summed E-state index contributed by atoms with van der Waals surface area (Å²) in [5.74, 6) is 0. The predicted octanol–water partition coefficient (Wildman–Crippen LogP) is 0.0104. The number of hydrogen-bond acceptors (Lipinski definition) is 6. The van der Waals surface area contributed by atoms with Gasteiger partial charge in [0.15, 0.2) is 0 Å². The number of hydrogen-bond donors (Lipinski definition) is 4. The van der Waals surface area contributed by atoms with E-state index in [0.29, 0.717) is 6.42 Å². The summed E-state index contributed by atoms with van der Waals surface area (Å²) in [6, 6.07) is 10.1. The zero-order valence-electron chi connectivity index (χ0n) is 12.8. The summed E-state index contributed by atoms with van der Waals surface area (Å²) in [5, 5.41) is 29.2. The Morgan fingerprint density at radius 2 is 1.95 bits per heavy atom. The predicted molar refractivity (Wildman–Crippen MR) is 81.1 cm³/mol. The average molecular weight is 311 g/mol. The first-order valence-corrected chi connectivity index (χ1v) is 7.60. The van der Waals surface area contributed by atoms with Crippen molar-refractivity contribution in [2.24, 2.45) is 0 Å². The molecule has 1 fully saturated rings. The quantitative estimate of drug-likeness (QED) is 0.530. The second-order valence-electron chi connectivity index (χ2n) is 5.70. The number of aliphatic hydroxyl groups excluding tert-OH is 3. The molecule has 1 aromatic rings. The van der Waals surface area contributed by atoms with Crippen LogP contribution >= 0.6 is 0 Å². The summed E-state index contributed by atoms with van der Waals surface area (Å²) in [7, 11) is 1.55. The van der Waals surface area contributed by atoms with E-state index in [0.717, 1.165) is 12.8 Å². The standard InChI is InChI=1S/C16H25NO5/c1-21-17-12(8-7-11-5-3-2-4-6-11)9-14-16(20)15(19)13(18)10-22-14/h2-6,12-20H,7-10H2,1H3. The van der Waals surface area contributed by atoms with Crippen molar-refractivity contribution < 1.29 is 24.9 Å². The lowest BCUT2D eigenvalue weighted by Crippen LogP contribution is -2.54. The number of ether oxygens (including phenoxy) is 1. The molecule has 22 heavy (non-hydrogen) atoms. The second-order valence-corrected chi connectivity index (χ2v) is 5.70. The van der Waals surface area contributed by atoms with Gasteiger partial charge in [0.2, 0.25) is 0 Å². The largest absolute Gasteiger partial charge is 0.388 e. The molecule has 0 amide bonds. The van der Waals surface area contributed by atoms with Gasteiger partial charge < -0.3 is 24.9 Å². The zero-order chi connectivity index (χ0) is 15.9. The number of nitrogens with one attached hydrogen (secondary N) is 1. The van der Waals surface area contributed by atoms with Crippen LogP contribution in [-0.2, 0) is 16.0 Å². The third-order valence-corrected chi connectivity index (χ3v) is 4.03. The third-order valence-electron chi connectivity index (χ3n) is 4.03. The molecule has 1 aromatic carbocycles. The first kappa shape index (κ1) is 17.3. The smallest absolute Gasteiger partial charge is 0.111 e. The van der Waals surface area contributed by atoms with Crippen molar-refractivity contribution >= 4 is 0 Å². The van der Waals surface area contributed by atoms with Crippen molar-refractivity contribution in [3.05, 3.63) is 35.9 Å². The fourth-order valence-corrected chi connectivity index (χ4v) is 2.73. The lowest BCUT2D eigenvalue weighted by atomic mass is 9.93. The Balaban J connectivity index is 1.88. The maximum absolute atomic E-state index is 10.0. The van der Waals surface area contributed by atoms with Gasteiger partial charge in [0, 0.05) is 6.04 Å². The van der Waals surface area contributed by atoms with Gasteiger partial charge in [0.05, 0.1) is 19.8 Å². The molecule has 1 saturated heterocycles. The maximum atomic E-state index is 10.0. The van der Waals surface area contributed by atoms with E-state index < -0.39 is 24.4 Å². The molecule has 0 aliphatic carbocycles. The fourth-order valence-electron chi connectivity index (χ4n) is 2.73. The lowest BCUT2D eigenvalue weighted by molar-refractivity contribution is -0.191. The van der Waals surface area contributed by atoms with Crippen molar-refractivity contribution in [1.82, 2.24) is 5.48 Å². The molecule has 1 aliphatic heterocycles. The molecule has 1 aliphatic rings. The van der Waals surface area contributed by atoms with Gasteiger partial charge in [-0.05, 0) is 24.8 Å². The van der Waals surface area contributed by atoms with Gasteiger partial charge in [-0.2, -0.15) is 5.48 Å². The zero-order valence-corrected chi connectivity index (χ0v) is 12.8. The third kappa shape index (κ3) is 4.74. The number of rotatable bonds is 7. The number of hydroxylamine groups is 1. The van der Waals surface area contributed by atoms with Crippen molar-refractivity contribution in [2.45, 2.75) is 49.7 Å². The van der Waals surface area contributed by atoms with Crippen molar-refractivity contribution in [1.29, 1.82) is 0 Å². The van der Waals surface area contributed by atoms with E-state index in [1.165, 1.54) is 5.56 Å². The van der Waals surface area contributed by atoms with Gasteiger partial charge in [-0.25, -0.2) is 0 Å². The fraction of sp³-hybridized carbons (Fsp3) is 0.625. The van der Waals surface area contributed by atoms with Gasteiger partial charge in [0.25, 0.3) is 0 Å². The van der Waals surface area contributed by atoms with E-state index in [9.17, 15) is 15.3 Å². The molecule has 0 spiro atoms. The first-order valence-electron chi connectivity index (χ1n) is 7.60. The van der Waals surface area contributed by atoms with Crippen LogP contribution in [0.5, 0.6) is 0 Å². The number of aliphatic hydroxyl groups is 3. The van der Waals surface area contributed by atoms with Crippen LogP contribution < -0.4 is 5.48 Å². The minimum atomic E-state index is -1.17. The summed E-state index contributed by atoms with van der Waals surface area (Å²) < 4.78 is 5.45. The monoisotopic (exact) mass is 311 g/mol. The Bertz CT molecular complexity index is 430. The highest BCUT2D eigenvalue weighted by Crippen LogP contribution is 2.21. The lowest BCUT2D eigenvalue weighted by Gasteiger charge is -2.36. The molecule has 5 unspecified atom stereocenters. The second kappa shape index (κ2) is 8.57. The average Bonchev–Trinajstić information content (AvgIpc) is 2.54. The van der Waals surface area contributed by atoms with Gasteiger partial charge in [-0.1, -0.05) is 30.3 Å². The van der Waals surface area contributed by atoms with Crippen LogP contribution in [-0.4, -0.2) is 59.5 Å². The molecule has 0 saturated carbocycles.